The summed E-state index contributed by atoms with van der Waals surface area (Å²) < 4.78 is 42.9. The lowest BCUT2D eigenvalue weighted by Crippen LogP contribution is -2.53. The van der Waals surface area contributed by atoms with Crippen molar-refractivity contribution in [3.63, 3.8) is 0 Å². The molecule has 0 saturated carbocycles. The number of methoxy groups -OCH3 is 1. The van der Waals surface area contributed by atoms with Crippen molar-refractivity contribution in [2.45, 2.75) is 55.5 Å². The summed E-state index contributed by atoms with van der Waals surface area (Å²) in [6, 6.07) is 12.8. The first-order valence-electron chi connectivity index (χ1n) is 12.2. The lowest BCUT2D eigenvalue weighted by atomic mass is 9.93. The minimum Gasteiger partial charge on any atom is -0.497 e. The van der Waals surface area contributed by atoms with E-state index in [1.807, 2.05) is 20.8 Å². The van der Waals surface area contributed by atoms with E-state index in [4.69, 9.17) is 14.2 Å². The Labute approximate surface area is 218 Å². The molecule has 1 aliphatic rings. The molecule has 0 aliphatic carbocycles. The molecule has 2 aromatic rings. The summed E-state index contributed by atoms with van der Waals surface area (Å²) in [7, 11) is -2.78. The van der Waals surface area contributed by atoms with Crippen LogP contribution in [0.2, 0.25) is 0 Å². The van der Waals surface area contributed by atoms with Gasteiger partial charge in [0.2, 0.25) is 0 Å². The third-order valence-corrected chi connectivity index (χ3v) is 8.87. The predicted molar refractivity (Wildman–Crippen MR) is 140 cm³/mol. The number of hydrogen-bond acceptors (Lipinski definition) is 8. The van der Waals surface area contributed by atoms with Crippen molar-refractivity contribution in [1.29, 1.82) is 0 Å². The maximum absolute atomic E-state index is 14.0. The Morgan fingerprint density at radius 3 is 2.38 bits per heavy atom. The Morgan fingerprint density at radius 2 is 1.84 bits per heavy atom. The van der Waals surface area contributed by atoms with Crippen molar-refractivity contribution >= 4 is 15.7 Å². The standard InChI is InChI=1S/C27H36N2O7S/c1-19(2)13-14-27(26(30)29-31,37(32,33)24-11-9-22(34-4)10-12-24)17-21-5-7-23(8-6-21)36-20(3)25-18-28-15-16-35-25/h5-13,20,25,28,31H,14-18H2,1-4H3,(H,29,30). The number of hydroxylamine groups is 1. The van der Waals surface area contributed by atoms with Crippen LogP contribution in [0.5, 0.6) is 11.5 Å². The maximum atomic E-state index is 14.0. The van der Waals surface area contributed by atoms with Gasteiger partial charge in [-0.25, -0.2) is 13.9 Å². The van der Waals surface area contributed by atoms with Crippen LogP contribution in [0.3, 0.4) is 0 Å². The molecule has 3 unspecified atom stereocenters. The Bertz CT molecular complexity index is 1170. The van der Waals surface area contributed by atoms with Gasteiger partial charge in [-0.2, -0.15) is 0 Å². The zero-order valence-electron chi connectivity index (χ0n) is 21.7. The number of benzene rings is 2. The lowest BCUT2D eigenvalue weighted by molar-refractivity contribution is -0.131. The minimum absolute atomic E-state index is 0.0473. The van der Waals surface area contributed by atoms with Crippen molar-refractivity contribution in [2.24, 2.45) is 0 Å². The SMILES string of the molecule is COc1ccc(S(=O)(=O)C(CC=C(C)C)(Cc2ccc(OC(C)C3CNCCO3)cc2)C(=O)NO)cc1. The zero-order valence-corrected chi connectivity index (χ0v) is 22.5. The van der Waals surface area contributed by atoms with E-state index in [-0.39, 0.29) is 29.9 Å². The second-order valence-electron chi connectivity index (χ2n) is 9.36. The number of allylic oxidation sites excluding steroid dienone is 2. The first-order chi connectivity index (χ1) is 17.6. The summed E-state index contributed by atoms with van der Waals surface area (Å²) in [5.74, 6) is 0.0846. The van der Waals surface area contributed by atoms with Gasteiger partial charge in [0.25, 0.3) is 5.91 Å². The third kappa shape index (κ3) is 6.70. The van der Waals surface area contributed by atoms with Crippen molar-refractivity contribution in [2.75, 3.05) is 26.8 Å². The molecule has 0 aromatic heterocycles. The highest BCUT2D eigenvalue weighted by Crippen LogP contribution is 2.35. The Hall–Kier alpha value is -2.92. The van der Waals surface area contributed by atoms with Gasteiger partial charge in [0.1, 0.15) is 23.7 Å². The number of sulfone groups is 1. The monoisotopic (exact) mass is 532 g/mol. The van der Waals surface area contributed by atoms with E-state index in [9.17, 15) is 18.4 Å². The molecular weight excluding hydrogens is 496 g/mol. The minimum atomic E-state index is -4.26. The third-order valence-electron chi connectivity index (χ3n) is 6.45. The van der Waals surface area contributed by atoms with Crippen LogP contribution < -0.4 is 20.3 Å². The van der Waals surface area contributed by atoms with Gasteiger partial charge >= 0.3 is 0 Å². The highest BCUT2D eigenvalue weighted by Gasteiger charge is 2.50. The number of nitrogens with one attached hydrogen (secondary N) is 2. The van der Waals surface area contributed by atoms with Gasteiger partial charge in [-0.3, -0.25) is 10.0 Å². The van der Waals surface area contributed by atoms with E-state index in [0.29, 0.717) is 30.2 Å². The number of ether oxygens (including phenoxy) is 3. The predicted octanol–water partition coefficient (Wildman–Crippen LogP) is 3.07. The Kier molecular flexibility index (Phi) is 9.72. The fraction of sp³-hybridized carbons (Fsp3) is 0.444. The number of carbonyl (C=O) groups is 1. The number of morpholine rings is 1. The number of carbonyl (C=O) groups excluding carboxylic acids is 1. The summed E-state index contributed by atoms with van der Waals surface area (Å²) in [5, 5.41) is 12.9. The number of amides is 1. The van der Waals surface area contributed by atoms with Gasteiger partial charge in [-0.05, 0) is 69.2 Å². The Morgan fingerprint density at radius 1 is 1.19 bits per heavy atom. The molecule has 2 aromatic carbocycles. The van der Waals surface area contributed by atoms with Gasteiger partial charge < -0.3 is 19.5 Å². The fourth-order valence-corrected chi connectivity index (χ4v) is 6.11. The van der Waals surface area contributed by atoms with Crippen LogP contribution in [0.25, 0.3) is 0 Å². The van der Waals surface area contributed by atoms with E-state index >= 15 is 0 Å². The first-order valence-corrected chi connectivity index (χ1v) is 13.7. The number of hydrogen-bond donors (Lipinski definition) is 3. The molecule has 0 bridgehead atoms. The molecule has 1 saturated heterocycles. The topological polar surface area (TPSA) is 123 Å². The van der Waals surface area contributed by atoms with Crippen LogP contribution in [0.4, 0.5) is 0 Å². The molecule has 0 spiro atoms. The van der Waals surface area contributed by atoms with Crippen LogP contribution in [0.1, 0.15) is 32.8 Å². The van der Waals surface area contributed by atoms with Crippen LogP contribution in [-0.2, 0) is 25.8 Å². The molecule has 3 rings (SSSR count). The molecule has 37 heavy (non-hydrogen) atoms. The average molecular weight is 533 g/mol. The second-order valence-corrected chi connectivity index (χ2v) is 11.6. The normalized spacial score (nSPS) is 18.2. The van der Waals surface area contributed by atoms with Crippen LogP contribution >= 0.6 is 0 Å². The molecule has 1 aliphatic heterocycles. The van der Waals surface area contributed by atoms with Crippen LogP contribution in [0.15, 0.2) is 65.1 Å². The molecule has 3 atom stereocenters. The van der Waals surface area contributed by atoms with Gasteiger partial charge in [0.15, 0.2) is 14.6 Å². The number of rotatable bonds is 11. The van der Waals surface area contributed by atoms with Gasteiger partial charge in [0, 0.05) is 19.5 Å². The molecule has 1 heterocycles. The van der Waals surface area contributed by atoms with E-state index in [1.54, 1.807) is 35.8 Å². The molecule has 10 heteroatoms. The second kappa shape index (κ2) is 12.6. The van der Waals surface area contributed by atoms with E-state index < -0.39 is 20.5 Å². The van der Waals surface area contributed by atoms with Crippen molar-refractivity contribution < 1.29 is 32.6 Å². The van der Waals surface area contributed by atoms with Crippen molar-refractivity contribution in [1.82, 2.24) is 10.8 Å². The molecule has 0 radical (unpaired) electrons. The van der Waals surface area contributed by atoms with Gasteiger partial charge in [-0.1, -0.05) is 23.8 Å². The highest BCUT2D eigenvalue weighted by atomic mass is 32.2. The molecule has 3 N–H and O–H groups in total. The van der Waals surface area contributed by atoms with Crippen molar-refractivity contribution in [3.05, 3.63) is 65.7 Å². The Balaban J connectivity index is 1.94. The van der Waals surface area contributed by atoms with Gasteiger partial charge in [0.05, 0.1) is 18.6 Å². The van der Waals surface area contributed by atoms with E-state index in [2.05, 4.69) is 5.32 Å². The molecular formula is C27H36N2O7S. The summed E-state index contributed by atoms with van der Waals surface area (Å²) in [6.07, 6.45) is 1.13. The molecule has 1 amide bonds. The summed E-state index contributed by atoms with van der Waals surface area (Å²) in [4.78, 5) is 13.1. The van der Waals surface area contributed by atoms with Crippen LogP contribution in [-0.4, -0.2) is 63.3 Å². The van der Waals surface area contributed by atoms with E-state index in [1.165, 1.54) is 31.4 Å². The smallest absolute Gasteiger partial charge is 0.265 e. The van der Waals surface area contributed by atoms with Crippen LogP contribution in [0, 0.1) is 0 Å². The molecule has 202 valence electrons. The highest BCUT2D eigenvalue weighted by molar-refractivity contribution is 7.93. The largest absolute Gasteiger partial charge is 0.497 e. The maximum Gasteiger partial charge on any atom is 0.265 e. The summed E-state index contributed by atoms with van der Waals surface area (Å²) >= 11 is 0. The van der Waals surface area contributed by atoms with E-state index in [0.717, 1.165) is 12.1 Å². The summed E-state index contributed by atoms with van der Waals surface area (Å²) in [6.45, 7) is 7.71. The molecule has 9 nitrogen and oxygen atoms in total. The lowest BCUT2D eigenvalue weighted by Gasteiger charge is -2.31. The first kappa shape index (κ1) is 28.6. The van der Waals surface area contributed by atoms with Gasteiger partial charge in [-0.15, -0.1) is 0 Å². The molecule has 1 fully saturated rings. The average Bonchev–Trinajstić information content (AvgIpc) is 2.91. The zero-order chi connectivity index (χ0) is 27.1. The fourth-order valence-electron chi connectivity index (χ4n) is 4.22. The quantitative estimate of drug-likeness (QED) is 0.229. The van der Waals surface area contributed by atoms with Crippen molar-refractivity contribution in [3.8, 4) is 11.5 Å². The summed E-state index contributed by atoms with van der Waals surface area (Å²) in [5.41, 5.74) is 3.05.